The highest BCUT2D eigenvalue weighted by atomic mass is 35.5. The first-order valence-corrected chi connectivity index (χ1v) is 2.96. The molecule has 0 aliphatic heterocycles. The van der Waals surface area contributed by atoms with Crippen molar-refractivity contribution in [3.63, 3.8) is 0 Å². The fourth-order valence-electron chi connectivity index (χ4n) is 0.428. The standard InChI is InChI=1S/C6H6O.CH5N3.ClH/c7-6-4-2-1-3-5-6;2-1(3)4;/h1-5,7H;(H5,2,3,4);1H. The number of phenols is 1. The number of benzene rings is 1. The molecule has 0 unspecified atom stereocenters. The molecule has 0 atom stereocenters. The average Bonchev–Trinajstić information content (AvgIpc) is 1.87. The van der Waals surface area contributed by atoms with Gasteiger partial charge in [0, 0.05) is 0 Å². The molecule has 0 saturated heterocycles. The van der Waals surface area contributed by atoms with Gasteiger partial charge in [0.25, 0.3) is 0 Å². The molecule has 0 fully saturated rings. The second kappa shape index (κ2) is 7.68. The monoisotopic (exact) mass is 189 g/mol. The van der Waals surface area contributed by atoms with E-state index in [4.69, 9.17) is 10.5 Å². The van der Waals surface area contributed by atoms with Gasteiger partial charge in [0.05, 0.1) is 0 Å². The van der Waals surface area contributed by atoms with Crippen LogP contribution in [0.1, 0.15) is 0 Å². The Kier molecular flexibility index (Phi) is 8.45. The number of nitrogens with two attached hydrogens (primary N) is 2. The topological polar surface area (TPSA) is 96.1 Å². The molecule has 0 bridgehead atoms. The van der Waals surface area contributed by atoms with Gasteiger partial charge in [-0.05, 0) is 12.1 Å². The first kappa shape index (κ1) is 13.2. The van der Waals surface area contributed by atoms with Crippen molar-refractivity contribution in [3.8, 4) is 5.75 Å². The summed E-state index contributed by atoms with van der Waals surface area (Å²) in [6.07, 6.45) is 0. The lowest BCUT2D eigenvalue weighted by atomic mass is 10.3. The van der Waals surface area contributed by atoms with Gasteiger partial charge in [-0.1, -0.05) is 18.2 Å². The third kappa shape index (κ3) is 11.4. The second-order valence-electron chi connectivity index (χ2n) is 1.79. The number of halogens is 1. The Morgan fingerprint density at radius 3 is 1.67 bits per heavy atom. The minimum Gasteiger partial charge on any atom is -0.508 e. The summed E-state index contributed by atoms with van der Waals surface area (Å²) in [5.41, 5.74) is 8.94. The highest BCUT2D eigenvalue weighted by Crippen LogP contribution is 2.02. The summed E-state index contributed by atoms with van der Waals surface area (Å²) in [6.45, 7) is 0. The predicted octanol–water partition coefficient (Wildman–Crippen LogP) is 0.653. The van der Waals surface area contributed by atoms with Crippen LogP contribution >= 0.6 is 12.4 Å². The highest BCUT2D eigenvalue weighted by molar-refractivity contribution is 5.85. The van der Waals surface area contributed by atoms with E-state index >= 15 is 0 Å². The number of aromatic hydroxyl groups is 1. The predicted molar refractivity (Wildman–Crippen MR) is 51.5 cm³/mol. The Morgan fingerprint density at radius 1 is 1.17 bits per heavy atom. The average molecular weight is 190 g/mol. The minimum atomic E-state index is -0.333. The molecule has 12 heavy (non-hydrogen) atoms. The molecule has 0 spiro atoms. The van der Waals surface area contributed by atoms with Gasteiger partial charge in [-0.2, -0.15) is 0 Å². The zero-order valence-corrected chi connectivity index (χ0v) is 7.21. The fraction of sp³-hybridized carbons (Fsp3) is 0. The van der Waals surface area contributed by atoms with E-state index in [0.29, 0.717) is 5.75 Å². The van der Waals surface area contributed by atoms with Gasteiger partial charge < -0.3 is 16.6 Å². The Morgan fingerprint density at radius 2 is 1.50 bits per heavy atom. The molecule has 0 aliphatic rings. The lowest BCUT2D eigenvalue weighted by molar-refractivity contribution is 0.475. The number of rotatable bonds is 0. The lowest BCUT2D eigenvalue weighted by Crippen LogP contribution is -2.20. The maximum atomic E-state index is 8.63. The molecule has 0 radical (unpaired) electrons. The third-order valence-corrected chi connectivity index (χ3v) is 0.756. The Hall–Kier alpha value is -1.42. The van der Waals surface area contributed by atoms with Crippen molar-refractivity contribution in [1.29, 1.82) is 5.41 Å². The van der Waals surface area contributed by atoms with E-state index in [1.165, 1.54) is 0 Å². The molecule has 4 nitrogen and oxygen atoms in total. The van der Waals surface area contributed by atoms with Crippen LogP contribution < -0.4 is 11.5 Å². The van der Waals surface area contributed by atoms with E-state index in [-0.39, 0.29) is 18.4 Å². The number of hydrogen-bond acceptors (Lipinski definition) is 2. The molecular weight excluding hydrogens is 178 g/mol. The van der Waals surface area contributed by atoms with E-state index in [9.17, 15) is 0 Å². The molecule has 0 aromatic heterocycles. The minimum absolute atomic E-state index is 0. The van der Waals surface area contributed by atoms with Crippen molar-refractivity contribution < 1.29 is 5.11 Å². The summed E-state index contributed by atoms with van der Waals surface area (Å²) in [5, 5.41) is 14.7. The van der Waals surface area contributed by atoms with Crippen LogP contribution in [0.4, 0.5) is 0 Å². The Balaban J connectivity index is 0. The van der Waals surface area contributed by atoms with Crippen molar-refractivity contribution in [3.05, 3.63) is 30.3 Å². The van der Waals surface area contributed by atoms with E-state index in [2.05, 4.69) is 11.5 Å². The molecule has 5 heteroatoms. The fourth-order valence-corrected chi connectivity index (χ4v) is 0.428. The van der Waals surface area contributed by atoms with E-state index in [0.717, 1.165) is 0 Å². The number of guanidine groups is 1. The highest BCUT2D eigenvalue weighted by Gasteiger charge is 1.74. The molecule has 1 rings (SSSR count). The van der Waals surface area contributed by atoms with Crippen molar-refractivity contribution in [2.24, 2.45) is 11.5 Å². The summed E-state index contributed by atoms with van der Waals surface area (Å²) < 4.78 is 0. The summed E-state index contributed by atoms with van der Waals surface area (Å²) >= 11 is 0. The molecule has 68 valence electrons. The van der Waals surface area contributed by atoms with Crippen LogP contribution in [0, 0.1) is 5.41 Å². The first-order chi connectivity index (χ1) is 5.13. The number of hydrogen-bond donors (Lipinski definition) is 4. The van der Waals surface area contributed by atoms with Gasteiger partial charge in [0.2, 0.25) is 0 Å². The van der Waals surface area contributed by atoms with Crippen LogP contribution in [-0.4, -0.2) is 11.1 Å². The van der Waals surface area contributed by atoms with Crippen LogP contribution in [0.3, 0.4) is 0 Å². The van der Waals surface area contributed by atoms with Crippen LogP contribution in [0.2, 0.25) is 0 Å². The smallest absolute Gasteiger partial charge is 0.183 e. The quantitative estimate of drug-likeness (QED) is 0.357. The summed E-state index contributed by atoms with van der Waals surface area (Å²) in [5.74, 6) is -0.0116. The molecule has 0 heterocycles. The number of phenolic OH excluding ortho intramolecular Hbond substituents is 1. The van der Waals surface area contributed by atoms with Crippen LogP contribution in [0.15, 0.2) is 30.3 Å². The zero-order valence-electron chi connectivity index (χ0n) is 6.40. The second-order valence-corrected chi connectivity index (χ2v) is 1.79. The summed E-state index contributed by atoms with van der Waals surface area (Å²) in [4.78, 5) is 0. The van der Waals surface area contributed by atoms with E-state index in [1.54, 1.807) is 24.3 Å². The van der Waals surface area contributed by atoms with E-state index in [1.807, 2.05) is 6.07 Å². The molecule has 0 amide bonds. The Bertz CT molecular complexity index is 211. The summed E-state index contributed by atoms with van der Waals surface area (Å²) in [7, 11) is 0. The number of nitrogens with one attached hydrogen (secondary N) is 1. The summed E-state index contributed by atoms with van der Waals surface area (Å²) in [6, 6.07) is 8.71. The van der Waals surface area contributed by atoms with E-state index < -0.39 is 0 Å². The van der Waals surface area contributed by atoms with Gasteiger partial charge in [0.15, 0.2) is 5.96 Å². The third-order valence-electron chi connectivity index (χ3n) is 0.756. The molecule has 0 aliphatic carbocycles. The largest absolute Gasteiger partial charge is 0.508 e. The van der Waals surface area contributed by atoms with Gasteiger partial charge in [0.1, 0.15) is 5.75 Å². The van der Waals surface area contributed by atoms with Gasteiger partial charge in [-0.3, -0.25) is 5.41 Å². The van der Waals surface area contributed by atoms with Gasteiger partial charge >= 0.3 is 0 Å². The molecule has 0 saturated carbocycles. The van der Waals surface area contributed by atoms with Crippen molar-refractivity contribution >= 4 is 18.4 Å². The lowest BCUT2D eigenvalue weighted by Gasteiger charge is -1.82. The molecule has 1 aromatic rings. The maximum absolute atomic E-state index is 8.63. The molecule has 1 aromatic carbocycles. The molecule has 6 N–H and O–H groups in total. The zero-order chi connectivity index (χ0) is 8.69. The van der Waals surface area contributed by atoms with Crippen LogP contribution in [-0.2, 0) is 0 Å². The van der Waals surface area contributed by atoms with Crippen LogP contribution in [0.25, 0.3) is 0 Å². The molecular formula is C7H12ClN3O. The SMILES string of the molecule is Cl.N=C(N)N.Oc1ccccc1. The van der Waals surface area contributed by atoms with Crippen LogP contribution in [0.5, 0.6) is 5.75 Å². The normalized spacial score (nSPS) is 7.00. The first-order valence-electron chi connectivity index (χ1n) is 2.96. The van der Waals surface area contributed by atoms with Crippen molar-refractivity contribution in [1.82, 2.24) is 0 Å². The van der Waals surface area contributed by atoms with Crippen molar-refractivity contribution in [2.75, 3.05) is 0 Å². The van der Waals surface area contributed by atoms with Crippen molar-refractivity contribution in [2.45, 2.75) is 0 Å². The Labute approximate surface area is 77.1 Å². The maximum Gasteiger partial charge on any atom is 0.183 e. The number of para-hydroxylation sites is 1. The van der Waals surface area contributed by atoms with Gasteiger partial charge in [-0.25, -0.2) is 0 Å². The van der Waals surface area contributed by atoms with Gasteiger partial charge in [-0.15, -0.1) is 12.4 Å².